The highest BCUT2D eigenvalue weighted by Crippen LogP contribution is 2.46. The third-order valence-corrected chi connectivity index (χ3v) is 7.03. The lowest BCUT2D eigenvalue weighted by Crippen LogP contribution is -2.34. The largest absolute Gasteiger partial charge is 0.489 e. The molecule has 0 radical (unpaired) electrons. The van der Waals surface area contributed by atoms with Crippen LogP contribution < -0.4 is 10.1 Å². The Kier molecular flexibility index (Phi) is 4.60. The number of aromatic nitrogens is 1. The average Bonchev–Trinajstić information content (AvgIpc) is 3.14. The van der Waals surface area contributed by atoms with Gasteiger partial charge in [-0.05, 0) is 71.2 Å². The fraction of sp³-hybridized carbons (Fsp3) is 0.333. The number of halogens is 1. The molecule has 2 aliphatic rings. The van der Waals surface area contributed by atoms with E-state index in [1.54, 1.807) is 0 Å². The molecule has 3 aromatic rings. The number of H-pyrrole nitrogens is 1. The summed E-state index contributed by atoms with van der Waals surface area (Å²) in [7, 11) is 0. The minimum Gasteiger partial charge on any atom is -0.489 e. The van der Waals surface area contributed by atoms with E-state index in [0.29, 0.717) is 5.56 Å². The molecule has 2 aromatic carbocycles. The molecule has 1 aliphatic carbocycles. The minimum atomic E-state index is -0.380. The molecule has 6 heteroatoms. The predicted octanol–water partition coefficient (Wildman–Crippen LogP) is 4.93. The van der Waals surface area contributed by atoms with Crippen LogP contribution in [0.4, 0.5) is 0 Å². The van der Waals surface area contributed by atoms with E-state index in [1.165, 1.54) is 6.21 Å². The van der Waals surface area contributed by atoms with Gasteiger partial charge in [0.15, 0.2) is 5.78 Å². The van der Waals surface area contributed by atoms with Crippen molar-refractivity contribution in [3.8, 4) is 5.75 Å². The number of carbonyl (C=O) groups excluding carboxylic acids is 1. The van der Waals surface area contributed by atoms with E-state index >= 15 is 0 Å². The molecule has 0 saturated carbocycles. The third kappa shape index (κ3) is 2.93. The zero-order valence-corrected chi connectivity index (χ0v) is 18.7. The van der Waals surface area contributed by atoms with Crippen molar-refractivity contribution in [1.29, 1.82) is 5.41 Å². The summed E-state index contributed by atoms with van der Waals surface area (Å²) in [4.78, 5) is 17.0. The van der Waals surface area contributed by atoms with Crippen LogP contribution in [0.3, 0.4) is 0 Å². The van der Waals surface area contributed by atoms with Crippen LogP contribution in [-0.4, -0.2) is 36.2 Å². The molecule has 0 unspecified atom stereocenters. The van der Waals surface area contributed by atoms with Crippen molar-refractivity contribution in [3.05, 3.63) is 62.8 Å². The number of hydrogen-bond acceptors (Lipinski definition) is 4. The van der Waals surface area contributed by atoms with Crippen LogP contribution in [0.5, 0.6) is 5.75 Å². The number of fused-ring (bicyclic) bond motifs is 4. The highest BCUT2D eigenvalue weighted by Gasteiger charge is 2.40. The molecular weight excluding hydrogens is 442 g/mol. The van der Waals surface area contributed by atoms with Gasteiger partial charge < -0.3 is 20.4 Å². The zero-order chi connectivity index (χ0) is 21.0. The first kappa shape index (κ1) is 19.5. The van der Waals surface area contributed by atoms with Crippen molar-refractivity contribution in [2.45, 2.75) is 38.2 Å². The molecule has 1 aromatic heterocycles. The summed E-state index contributed by atoms with van der Waals surface area (Å²) in [6, 6.07) is 9.70. The normalized spacial score (nSPS) is 18.2. The monoisotopic (exact) mass is 465 g/mol. The van der Waals surface area contributed by atoms with Crippen molar-refractivity contribution >= 4 is 38.8 Å². The zero-order valence-electron chi connectivity index (χ0n) is 17.1. The van der Waals surface area contributed by atoms with Crippen molar-refractivity contribution in [1.82, 2.24) is 10.3 Å². The Bertz CT molecular complexity index is 1190. The molecule has 0 amide bonds. The Morgan fingerprint density at radius 2 is 1.97 bits per heavy atom. The molecule has 5 nitrogen and oxygen atoms in total. The quantitative estimate of drug-likeness (QED) is 0.479. The third-order valence-electron chi connectivity index (χ3n) is 6.41. The number of hydrogen-bond donors (Lipinski definition) is 3. The smallest absolute Gasteiger partial charge is 0.195 e. The second-order valence-electron chi connectivity index (χ2n) is 8.67. The summed E-state index contributed by atoms with van der Waals surface area (Å²) in [5.74, 6) is 0.828. The summed E-state index contributed by atoms with van der Waals surface area (Å²) in [5, 5.41) is 11.8. The van der Waals surface area contributed by atoms with E-state index in [4.69, 9.17) is 10.1 Å². The molecule has 0 atom stereocenters. The number of ether oxygens (including phenoxy) is 1. The van der Waals surface area contributed by atoms with E-state index in [9.17, 15) is 4.79 Å². The van der Waals surface area contributed by atoms with Crippen molar-refractivity contribution < 1.29 is 9.53 Å². The molecule has 1 fully saturated rings. The first-order valence-corrected chi connectivity index (χ1v) is 11.1. The van der Waals surface area contributed by atoms with Crippen LogP contribution in [0.2, 0.25) is 0 Å². The van der Waals surface area contributed by atoms with Gasteiger partial charge in [-0.2, -0.15) is 0 Å². The summed E-state index contributed by atoms with van der Waals surface area (Å²) < 4.78 is 7.14. The van der Waals surface area contributed by atoms with Gasteiger partial charge in [-0.25, -0.2) is 0 Å². The lowest BCUT2D eigenvalue weighted by atomic mass is 9.71. The average molecular weight is 466 g/mol. The van der Waals surface area contributed by atoms with Crippen LogP contribution in [0.1, 0.15) is 59.4 Å². The highest BCUT2D eigenvalue weighted by molar-refractivity contribution is 9.10. The van der Waals surface area contributed by atoms with Crippen molar-refractivity contribution in [2.75, 3.05) is 13.1 Å². The van der Waals surface area contributed by atoms with Crippen LogP contribution in [0.15, 0.2) is 34.8 Å². The number of piperidine rings is 1. The first-order valence-electron chi connectivity index (χ1n) is 10.3. The van der Waals surface area contributed by atoms with E-state index in [-0.39, 0.29) is 17.3 Å². The Morgan fingerprint density at radius 3 is 2.70 bits per heavy atom. The lowest BCUT2D eigenvalue weighted by molar-refractivity contribution is 0.103. The molecule has 0 spiro atoms. The second-order valence-corrected chi connectivity index (χ2v) is 9.53. The summed E-state index contributed by atoms with van der Waals surface area (Å²) in [6.45, 7) is 6.22. The van der Waals surface area contributed by atoms with Crippen molar-refractivity contribution in [3.63, 3.8) is 0 Å². The molecule has 2 heterocycles. The summed E-state index contributed by atoms with van der Waals surface area (Å²) in [6.07, 6.45) is 3.47. The SMILES string of the molecule is CC1(C)c2cc(OC3CCNCC3)c(Br)cc2C(=O)c2c1[nH]c1cc(C=N)ccc21. The van der Waals surface area contributed by atoms with Gasteiger partial charge in [-0.3, -0.25) is 4.79 Å². The van der Waals surface area contributed by atoms with Gasteiger partial charge in [0.2, 0.25) is 0 Å². The maximum atomic E-state index is 13.5. The number of benzene rings is 2. The Hall–Kier alpha value is -2.44. The number of nitrogens with one attached hydrogen (secondary N) is 3. The number of aromatic amines is 1. The maximum Gasteiger partial charge on any atom is 0.195 e. The van der Waals surface area contributed by atoms with Gasteiger partial charge in [0.1, 0.15) is 11.9 Å². The topological polar surface area (TPSA) is 78.0 Å². The molecular formula is C24H24BrN3O2. The van der Waals surface area contributed by atoms with Gasteiger partial charge in [0.25, 0.3) is 0 Å². The molecule has 30 heavy (non-hydrogen) atoms. The van der Waals surface area contributed by atoms with Gasteiger partial charge in [0, 0.05) is 33.8 Å². The number of rotatable bonds is 3. The number of carbonyl (C=O) groups is 1. The fourth-order valence-electron chi connectivity index (χ4n) is 4.72. The Morgan fingerprint density at radius 1 is 1.20 bits per heavy atom. The van der Waals surface area contributed by atoms with Gasteiger partial charge in [-0.15, -0.1) is 0 Å². The van der Waals surface area contributed by atoms with Gasteiger partial charge in [0.05, 0.1) is 10.0 Å². The van der Waals surface area contributed by atoms with Gasteiger partial charge >= 0.3 is 0 Å². The predicted molar refractivity (Wildman–Crippen MR) is 122 cm³/mol. The molecule has 1 saturated heterocycles. The van der Waals surface area contributed by atoms with Crippen LogP contribution in [0.25, 0.3) is 10.9 Å². The number of ketones is 1. The van der Waals surface area contributed by atoms with Crippen molar-refractivity contribution in [2.24, 2.45) is 0 Å². The van der Waals surface area contributed by atoms with Crippen LogP contribution in [0, 0.1) is 5.41 Å². The van der Waals surface area contributed by atoms with E-state index in [2.05, 4.69) is 40.1 Å². The van der Waals surface area contributed by atoms with E-state index in [1.807, 2.05) is 30.3 Å². The Balaban J connectivity index is 1.64. The van der Waals surface area contributed by atoms with Crippen LogP contribution in [-0.2, 0) is 5.41 Å². The Labute approximate surface area is 183 Å². The van der Waals surface area contributed by atoms with E-state index in [0.717, 1.165) is 69.4 Å². The standard InChI is InChI=1S/C24H24BrN3O2/c1-24(2)17-11-20(30-14-5-7-27-8-6-14)18(25)10-16(17)22(29)21-15-4-3-13(12-26)9-19(15)28-23(21)24/h3-4,9-12,14,26-28H,5-8H2,1-2H3. The summed E-state index contributed by atoms with van der Waals surface area (Å²) >= 11 is 3.64. The first-order chi connectivity index (χ1) is 14.4. The molecule has 154 valence electrons. The molecule has 1 aliphatic heterocycles. The van der Waals surface area contributed by atoms with Gasteiger partial charge in [-0.1, -0.05) is 26.0 Å². The molecule has 0 bridgehead atoms. The highest BCUT2D eigenvalue weighted by atomic mass is 79.9. The maximum absolute atomic E-state index is 13.5. The van der Waals surface area contributed by atoms with Crippen LogP contribution >= 0.6 is 15.9 Å². The molecule has 5 rings (SSSR count). The second kappa shape index (κ2) is 7.06. The fourth-order valence-corrected chi connectivity index (χ4v) is 5.16. The minimum absolute atomic E-state index is 0.0299. The van der Waals surface area contributed by atoms with E-state index < -0.39 is 0 Å². The summed E-state index contributed by atoms with van der Waals surface area (Å²) in [5.41, 5.74) is 4.67. The molecule has 3 N–H and O–H groups in total. The lowest BCUT2D eigenvalue weighted by Gasteiger charge is -2.33.